The van der Waals surface area contributed by atoms with Gasteiger partial charge in [0, 0.05) is 11.0 Å². The Labute approximate surface area is 99.7 Å². The van der Waals surface area contributed by atoms with E-state index in [9.17, 15) is 0 Å². The first kappa shape index (κ1) is 12.5. The topological polar surface area (TPSA) is 31.4 Å². The van der Waals surface area contributed by atoms with Crippen molar-refractivity contribution in [1.29, 1.82) is 0 Å². The molecule has 1 aromatic rings. The van der Waals surface area contributed by atoms with Crippen LogP contribution in [0.5, 0.6) is 0 Å². The van der Waals surface area contributed by atoms with Gasteiger partial charge in [0.1, 0.15) is 5.76 Å². The average molecular weight is 237 g/mol. The zero-order valence-electron chi connectivity index (χ0n) is 9.64. The van der Waals surface area contributed by atoms with Crippen LogP contribution in [0.2, 0.25) is 0 Å². The van der Waals surface area contributed by atoms with Crippen molar-refractivity contribution in [2.45, 2.75) is 6.92 Å². The molecule has 0 aliphatic rings. The number of allylic oxidation sites excluding steroid dienone is 3. The predicted molar refractivity (Wildman–Crippen MR) is 67.1 cm³/mol. The van der Waals surface area contributed by atoms with Crippen molar-refractivity contribution in [2.75, 3.05) is 14.2 Å². The molecule has 0 saturated heterocycles. The summed E-state index contributed by atoms with van der Waals surface area (Å²) in [4.78, 5) is 5.42. The molecule has 86 valence electrons. The zero-order valence-corrected chi connectivity index (χ0v) is 10.5. The van der Waals surface area contributed by atoms with Crippen LogP contribution in [0.3, 0.4) is 0 Å². The third kappa shape index (κ3) is 3.90. The van der Waals surface area contributed by atoms with Gasteiger partial charge >= 0.3 is 0 Å². The molecule has 1 aromatic heterocycles. The highest BCUT2D eigenvalue weighted by Crippen LogP contribution is 2.12. The number of aryl methyl sites for hydroxylation is 1. The molecule has 4 heteroatoms. The van der Waals surface area contributed by atoms with Crippen molar-refractivity contribution in [2.24, 2.45) is 0 Å². The summed E-state index contributed by atoms with van der Waals surface area (Å²) in [6.45, 7) is 2.04. The lowest BCUT2D eigenvalue weighted by Crippen LogP contribution is -1.81. The first-order chi connectivity index (χ1) is 7.77. The maximum atomic E-state index is 5.13. The van der Waals surface area contributed by atoms with Crippen LogP contribution < -0.4 is 0 Å². The van der Waals surface area contributed by atoms with E-state index in [4.69, 9.17) is 9.47 Å². The highest BCUT2D eigenvalue weighted by Gasteiger charge is 1.94. The van der Waals surface area contributed by atoms with E-state index in [1.54, 1.807) is 37.9 Å². The lowest BCUT2D eigenvalue weighted by molar-refractivity contribution is 0.297. The van der Waals surface area contributed by atoms with Crippen LogP contribution in [0.4, 0.5) is 0 Å². The predicted octanol–water partition coefficient (Wildman–Crippen LogP) is 3.16. The standard InChI is InChI=1S/C12H15NO2S/c1-10-12(13-9-16-10)6-4-5-11(15-3)7-8-14-2/h4-9H,1-3H3/b6-4+,8-7+,11-5+. The largest absolute Gasteiger partial charge is 0.504 e. The molecule has 16 heavy (non-hydrogen) atoms. The molecule has 1 heterocycles. The molecule has 0 N–H and O–H groups in total. The summed E-state index contributed by atoms with van der Waals surface area (Å²) in [5.74, 6) is 0.728. The molecule has 0 bridgehead atoms. The summed E-state index contributed by atoms with van der Waals surface area (Å²) in [6.07, 6.45) is 9.02. The molecule has 0 radical (unpaired) electrons. The Balaban J connectivity index is 2.66. The van der Waals surface area contributed by atoms with Gasteiger partial charge in [0.15, 0.2) is 0 Å². The van der Waals surface area contributed by atoms with Gasteiger partial charge in [-0.2, -0.15) is 0 Å². The van der Waals surface area contributed by atoms with Gasteiger partial charge in [0.2, 0.25) is 0 Å². The minimum atomic E-state index is 0.728. The third-order valence-electron chi connectivity index (χ3n) is 1.90. The summed E-state index contributed by atoms with van der Waals surface area (Å²) in [5.41, 5.74) is 2.83. The van der Waals surface area contributed by atoms with Crippen LogP contribution in [-0.2, 0) is 9.47 Å². The Morgan fingerprint density at radius 2 is 2.25 bits per heavy atom. The third-order valence-corrected chi connectivity index (χ3v) is 2.67. The Morgan fingerprint density at radius 3 is 2.81 bits per heavy atom. The molecule has 0 fully saturated rings. The molecule has 3 nitrogen and oxygen atoms in total. The minimum Gasteiger partial charge on any atom is -0.504 e. The number of aromatic nitrogens is 1. The van der Waals surface area contributed by atoms with Crippen molar-refractivity contribution < 1.29 is 9.47 Å². The van der Waals surface area contributed by atoms with Gasteiger partial charge in [0.05, 0.1) is 31.7 Å². The van der Waals surface area contributed by atoms with E-state index in [1.165, 1.54) is 4.88 Å². The number of hydrogen-bond acceptors (Lipinski definition) is 4. The maximum absolute atomic E-state index is 5.13. The van der Waals surface area contributed by atoms with Crippen LogP contribution >= 0.6 is 11.3 Å². The quantitative estimate of drug-likeness (QED) is 0.582. The van der Waals surface area contributed by atoms with Crippen LogP contribution in [0.1, 0.15) is 10.6 Å². The van der Waals surface area contributed by atoms with E-state index >= 15 is 0 Å². The monoisotopic (exact) mass is 237 g/mol. The molecule has 0 amide bonds. The molecular formula is C12H15NO2S. The van der Waals surface area contributed by atoms with Crippen LogP contribution in [-0.4, -0.2) is 19.2 Å². The normalized spacial score (nSPS) is 12.6. The average Bonchev–Trinajstić information content (AvgIpc) is 2.69. The van der Waals surface area contributed by atoms with E-state index in [2.05, 4.69) is 4.98 Å². The highest BCUT2D eigenvalue weighted by atomic mass is 32.1. The van der Waals surface area contributed by atoms with Crippen LogP contribution in [0.25, 0.3) is 6.08 Å². The second kappa shape index (κ2) is 6.85. The highest BCUT2D eigenvalue weighted by molar-refractivity contribution is 7.09. The van der Waals surface area contributed by atoms with Crippen molar-refractivity contribution in [3.8, 4) is 0 Å². The van der Waals surface area contributed by atoms with E-state index in [0.717, 1.165) is 11.5 Å². The lowest BCUT2D eigenvalue weighted by atomic mass is 10.3. The first-order valence-electron chi connectivity index (χ1n) is 4.79. The number of methoxy groups -OCH3 is 2. The fourth-order valence-electron chi connectivity index (χ4n) is 1.03. The summed E-state index contributed by atoms with van der Waals surface area (Å²) in [5, 5.41) is 0. The molecule has 0 aromatic carbocycles. The van der Waals surface area contributed by atoms with Gasteiger partial charge in [-0.05, 0) is 19.1 Å². The van der Waals surface area contributed by atoms with Crippen LogP contribution in [0.15, 0.2) is 35.8 Å². The summed E-state index contributed by atoms with van der Waals surface area (Å²) < 4.78 is 9.94. The molecule has 0 unspecified atom stereocenters. The number of thiazole rings is 1. The first-order valence-corrected chi connectivity index (χ1v) is 5.67. The lowest BCUT2D eigenvalue weighted by Gasteiger charge is -1.97. The van der Waals surface area contributed by atoms with Crippen molar-refractivity contribution >= 4 is 17.4 Å². The number of ether oxygens (including phenoxy) is 2. The number of hydrogen-bond donors (Lipinski definition) is 0. The van der Waals surface area contributed by atoms with Gasteiger partial charge in [-0.15, -0.1) is 11.3 Å². The molecule has 0 atom stereocenters. The van der Waals surface area contributed by atoms with Gasteiger partial charge < -0.3 is 9.47 Å². The summed E-state index contributed by atoms with van der Waals surface area (Å²) >= 11 is 1.63. The molecule has 0 saturated carbocycles. The second-order valence-corrected chi connectivity index (χ2v) is 4.02. The van der Waals surface area contributed by atoms with Gasteiger partial charge in [-0.25, -0.2) is 4.98 Å². The summed E-state index contributed by atoms with van der Waals surface area (Å²) in [7, 11) is 3.21. The Kier molecular flexibility index (Phi) is 5.36. The van der Waals surface area contributed by atoms with E-state index in [1.807, 2.05) is 30.7 Å². The Hall–Kier alpha value is -1.55. The molecule has 1 rings (SSSR count). The van der Waals surface area contributed by atoms with Crippen LogP contribution in [0, 0.1) is 6.92 Å². The summed E-state index contributed by atoms with van der Waals surface area (Å²) in [6, 6.07) is 0. The van der Waals surface area contributed by atoms with E-state index < -0.39 is 0 Å². The van der Waals surface area contributed by atoms with Crippen molar-refractivity contribution in [1.82, 2.24) is 4.98 Å². The Morgan fingerprint density at radius 1 is 1.44 bits per heavy atom. The zero-order chi connectivity index (χ0) is 11.8. The fourth-order valence-corrected chi connectivity index (χ4v) is 1.60. The minimum absolute atomic E-state index is 0.728. The molecular weight excluding hydrogens is 222 g/mol. The molecule has 0 aliphatic carbocycles. The van der Waals surface area contributed by atoms with Gasteiger partial charge in [0.25, 0.3) is 0 Å². The number of rotatable bonds is 5. The van der Waals surface area contributed by atoms with Gasteiger partial charge in [-0.3, -0.25) is 0 Å². The second-order valence-electron chi connectivity index (χ2n) is 2.96. The smallest absolute Gasteiger partial charge is 0.121 e. The van der Waals surface area contributed by atoms with Gasteiger partial charge in [-0.1, -0.05) is 6.08 Å². The van der Waals surface area contributed by atoms with E-state index in [0.29, 0.717) is 0 Å². The maximum Gasteiger partial charge on any atom is 0.121 e. The number of nitrogens with zero attached hydrogens (tertiary/aromatic N) is 1. The molecule has 0 spiro atoms. The molecule has 0 aliphatic heterocycles. The van der Waals surface area contributed by atoms with Crippen molar-refractivity contribution in [3.05, 3.63) is 46.3 Å². The van der Waals surface area contributed by atoms with E-state index in [-0.39, 0.29) is 0 Å². The van der Waals surface area contributed by atoms with Crippen molar-refractivity contribution in [3.63, 3.8) is 0 Å². The SMILES string of the molecule is CO/C=C/C(=C\C=C\c1ncsc1C)OC. The Bertz CT molecular complexity index is 405. The fraction of sp³-hybridized carbons (Fsp3) is 0.250.